The molecule has 0 saturated heterocycles. The van der Waals surface area contributed by atoms with Crippen LogP contribution in [0.1, 0.15) is 27.2 Å². The summed E-state index contributed by atoms with van der Waals surface area (Å²) in [5.74, 6) is 1.75. The van der Waals surface area contributed by atoms with Crippen LogP contribution >= 0.6 is 11.6 Å². The number of hydrogen-bond donors (Lipinski definition) is 1. The van der Waals surface area contributed by atoms with Gasteiger partial charge in [0.1, 0.15) is 0 Å². The molecule has 12 heavy (non-hydrogen) atoms. The molecule has 0 radical (unpaired) electrons. The van der Waals surface area contributed by atoms with E-state index in [1.807, 2.05) is 6.92 Å². The van der Waals surface area contributed by atoms with Crippen molar-refractivity contribution < 1.29 is 5.11 Å². The lowest BCUT2D eigenvalue weighted by Crippen LogP contribution is -2.28. The molecule has 0 aromatic carbocycles. The zero-order chi connectivity index (χ0) is 9.09. The first-order chi connectivity index (χ1) is 5.46. The second-order valence-corrected chi connectivity index (χ2v) is 5.70. The highest BCUT2D eigenvalue weighted by Gasteiger charge is 2.67. The summed E-state index contributed by atoms with van der Waals surface area (Å²) in [6.45, 7) is 6.59. The molecule has 1 nitrogen and oxygen atoms in total. The quantitative estimate of drug-likeness (QED) is 0.626. The SMILES string of the molecule is CC(Cl)[C@H]1[C@H]2[C@@H](C[C@H]1O)C2(C)C. The van der Waals surface area contributed by atoms with Crippen molar-refractivity contribution in [1.29, 1.82) is 0 Å². The van der Waals surface area contributed by atoms with Crippen LogP contribution in [0.25, 0.3) is 0 Å². The molecule has 0 amide bonds. The van der Waals surface area contributed by atoms with Gasteiger partial charge >= 0.3 is 0 Å². The molecule has 0 aromatic heterocycles. The van der Waals surface area contributed by atoms with E-state index in [9.17, 15) is 5.11 Å². The van der Waals surface area contributed by atoms with Crippen molar-refractivity contribution in [3.05, 3.63) is 0 Å². The van der Waals surface area contributed by atoms with Crippen LogP contribution in [0.2, 0.25) is 0 Å². The minimum atomic E-state index is -0.138. The van der Waals surface area contributed by atoms with E-state index in [0.717, 1.165) is 12.3 Å². The van der Waals surface area contributed by atoms with Gasteiger partial charge in [0.2, 0.25) is 0 Å². The Balaban J connectivity index is 2.13. The predicted octanol–water partition coefficient (Wildman–Crippen LogP) is 2.27. The van der Waals surface area contributed by atoms with Crippen molar-refractivity contribution in [2.24, 2.45) is 23.2 Å². The third-order valence-electron chi connectivity index (χ3n) is 4.02. The van der Waals surface area contributed by atoms with E-state index >= 15 is 0 Å². The highest BCUT2D eigenvalue weighted by atomic mass is 35.5. The maximum atomic E-state index is 9.71. The summed E-state index contributed by atoms with van der Waals surface area (Å²) < 4.78 is 0. The van der Waals surface area contributed by atoms with Crippen LogP contribution in [0.15, 0.2) is 0 Å². The summed E-state index contributed by atoms with van der Waals surface area (Å²) in [4.78, 5) is 0. The number of alkyl halides is 1. The zero-order valence-electron chi connectivity index (χ0n) is 7.92. The van der Waals surface area contributed by atoms with Gasteiger partial charge in [0.15, 0.2) is 0 Å². The largest absolute Gasteiger partial charge is 0.393 e. The number of rotatable bonds is 1. The van der Waals surface area contributed by atoms with Gasteiger partial charge in [-0.25, -0.2) is 0 Å². The van der Waals surface area contributed by atoms with E-state index in [0.29, 0.717) is 17.3 Å². The molecule has 2 aliphatic rings. The van der Waals surface area contributed by atoms with Gasteiger partial charge in [-0.2, -0.15) is 0 Å². The van der Waals surface area contributed by atoms with Gasteiger partial charge in [-0.1, -0.05) is 13.8 Å². The van der Waals surface area contributed by atoms with E-state index in [4.69, 9.17) is 11.6 Å². The van der Waals surface area contributed by atoms with Crippen molar-refractivity contribution in [1.82, 2.24) is 0 Å². The molecule has 0 bridgehead atoms. The molecule has 2 saturated carbocycles. The van der Waals surface area contributed by atoms with Crippen molar-refractivity contribution >= 4 is 11.6 Å². The fourth-order valence-electron chi connectivity index (χ4n) is 3.25. The Labute approximate surface area is 79.1 Å². The van der Waals surface area contributed by atoms with Gasteiger partial charge in [0.05, 0.1) is 6.10 Å². The van der Waals surface area contributed by atoms with E-state index in [-0.39, 0.29) is 11.5 Å². The molecule has 2 rings (SSSR count). The van der Waals surface area contributed by atoms with Crippen molar-refractivity contribution in [2.45, 2.75) is 38.7 Å². The van der Waals surface area contributed by atoms with Gasteiger partial charge in [-0.15, -0.1) is 11.6 Å². The molecular weight excluding hydrogens is 172 g/mol. The molecule has 0 aromatic rings. The normalized spacial score (nSPS) is 51.8. The Morgan fingerprint density at radius 1 is 1.50 bits per heavy atom. The molecule has 2 heteroatoms. The zero-order valence-corrected chi connectivity index (χ0v) is 8.67. The summed E-state index contributed by atoms with van der Waals surface area (Å²) in [5.41, 5.74) is 0.451. The molecule has 1 N–H and O–H groups in total. The van der Waals surface area contributed by atoms with Gasteiger partial charge < -0.3 is 5.11 Å². The lowest BCUT2D eigenvalue weighted by Gasteiger charge is -2.24. The number of aliphatic hydroxyl groups is 1. The van der Waals surface area contributed by atoms with Crippen molar-refractivity contribution in [3.8, 4) is 0 Å². The molecule has 70 valence electrons. The third kappa shape index (κ3) is 0.958. The summed E-state index contributed by atoms with van der Waals surface area (Å²) in [5, 5.41) is 9.83. The van der Waals surface area contributed by atoms with Crippen LogP contribution in [-0.4, -0.2) is 16.6 Å². The third-order valence-corrected chi connectivity index (χ3v) is 4.31. The summed E-state index contributed by atoms with van der Waals surface area (Å²) in [7, 11) is 0. The van der Waals surface area contributed by atoms with Gasteiger partial charge in [0, 0.05) is 11.3 Å². The molecule has 5 atom stereocenters. The topological polar surface area (TPSA) is 20.2 Å². The van der Waals surface area contributed by atoms with Crippen LogP contribution in [0.4, 0.5) is 0 Å². The average molecular weight is 189 g/mol. The Kier molecular flexibility index (Phi) is 1.76. The second-order valence-electron chi connectivity index (χ2n) is 5.01. The van der Waals surface area contributed by atoms with Crippen LogP contribution in [0.3, 0.4) is 0 Å². The van der Waals surface area contributed by atoms with Gasteiger partial charge in [-0.3, -0.25) is 0 Å². The average Bonchev–Trinajstić information content (AvgIpc) is 2.40. The monoisotopic (exact) mass is 188 g/mol. The van der Waals surface area contributed by atoms with Crippen LogP contribution in [-0.2, 0) is 0 Å². The van der Waals surface area contributed by atoms with E-state index < -0.39 is 0 Å². The van der Waals surface area contributed by atoms with E-state index in [1.54, 1.807) is 0 Å². The van der Waals surface area contributed by atoms with Crippen LogP contribution in [0.5, 0.6) is 0 Å². The minimum Gasteiger partial charge on any atom is -0.393 e. The molecule has 0 spiro atoms. The number of fused-ring (bicyclic) bond motifs is 1. The molecule has 2 aliphatic carbocycles. The van der Waals surface area contributed by atoms with Gasteiger partial charge in [0.25, 0.3) is 0 Å². The maximum absolute atomic E-state index is 9.71. The van der Waals surface area contributed by atoms with Crippen molar-refractivity contribution in [3.63, 3.8) is 0 Å². The van der Waals surface area contributed by atoms with Crippen molar-refractivity contribution in [2.75, 3.05) is 0 Å². The fourth-order valence-corrected chi connectivity index (χ4v) is 3.57. The summed E-state index contributed by atoms with van der Waals surface area (Å²) >= 11 is 6.07. The second kappa shape index (κ2) is 2.39. The Hall–Kier alpha value is 0.250. The molecule has 1 unspecified atom stereocenters. The first-order valence-corrected chi connectivity index (χ1v) is 5.22. The van der Waals surface area contributed by atoms with Gasteiger partial charge in [-0.05, 0) is 30.6 Å². The Morgan fingerprint density at radius 2 is 2.08 bits per heavy atom. The first-order valence-electron chi connectivity index (χ1n) is 4.78. The highest BCUT2D eigenvalue weighted by Crippen LogP contribution is 2.69. The number of halogens is 1. The smallest absolute Gasteiger partial charge is 0.0588 e. The van der Waals surface area contributed by atoms with E-state index in [1.165, 1.54) is 0 Å². The summed E-state index contributed by atoms with van der Waals surface area (Å²) in [6.07, 6.45) is 0.833. The fraction of sp³-hybridized carbons (Fsp3) is 1.00. The first kappa shape index (κ1) is 8.83. The molecular formula is C10H17ClO. The maximum Gasteiger partial charge on any atom is 0.0588 e. The molecule has 2 fully saturated rings. The standard InChI is InChI=1S/C10H17ClO/c1-5(11)8-7(12)4-6-9(8)10(6,2)3/h5-9,12H,4H2,1-3H3/t5?,6-,7-,8-,9-/m1/s1. The van der Waals surface area contributed by atoms with E-state index in [2.05, 4.69) is 13.8 Å². The predicted molar refractivity (Wildman–Crippen MR) is 50.2 cm³/mol. The molecule has 0 heterocycles. The molecule has 0 aliphatic heterocycles. The lowest BCUT2D eigenvalue weighted by molar-refractivity contribution is 0.0946. The van der Waals surface area contributed by atoms with Crippen LogP contribution < -0.4 is 0 Å². The Bertz CT molecular complexity index is 200. The number of aliphatic hydroxyl groups excluding tert-OH is 1. The van der Waals surface area contributed by atoms with Crippen LogP contribution in [0, 0.1) is 23.2 Å². The minimum absolute atomic E-state index is 0.122. The highest BCUT2D eigenvalue weighted by molar-refractivity contribution is 6.20. The number of hydrogen-bond acceptors (Lipinski definition) is 1. The summed E-state index contributed by atoms with van der Waals surface area (Å²) in [6, 6.07) is 0. The Morgan fingerprint density at radius 3 is 2.42 bits per heavy atom. The lowest BCUT2D eigenvalue weighted by atomic mass is 9.89.